The molecule has 2 heterocycles. The Morgan fingerprint density at radius 2 is 2.29 bits per heavy atom. The zero-order valence-electron chi connectivity index (χ0n) is 8.66. The van der Waals surface area contributed by atoms with Crippen LogP contribution in [0.3, 0.4) is 0 Å². The van der Waals surface area contributed by atoms with Crippen molar-refractivity contribution < 1.29 is 14.6 Å². The predicted molar refractivity (Wildman–Crippen MR) is 57.7 cm³/mol. The third-order valence-corrected chi connectivity index (χ3v) is 2.13. The third-order valence-electron chi connectivity index (χ3n) is 1.92. The molecular weight excluding hydrogens is 248 g/mol. The maximum atomic E-state index is 10.7. The number of carbonyl (C=O) groups is 1. The van der Waals surface area contributed by atoms with Gasteiger partial charge in [-0.05, 0) is 6.07 Å². The van der Waals surface area contributed by atoms with Crippen LogP contribution in [0.25, 0.3) is 5.69 Å². The largest absolute Gasteiger partial charge is 0.479 e. The lowest BCUT2D eigenvalue weighted by Gasteiger charge is -2.06. The number of halogens is 1. The average Bonchev–Trinajstić information content (AvgIpc) is 2.78. The van der Waals surface area contributed by atoms with E-state index in [0.29, 0.717) is 10.7 Å². The molecule has 0 radical (unpaired) electrons. The molecule has 8 heteroatoms. The number of hydrogen-bond acceptors (Lipinski definition) is 5. The molecule has 0 atom stereocenters. The molecule has 0 bridgehead atoms. The van der Waals surface area contributed by atoms with Crippen molar-refractivity contribution in [2.24, 2.45) is 0 Å². The summed E-state index contributed by atoms with van der Waals surface area (Å²) >= 11 is 5.80. The molecular formula is C9H7ClN4O3. The molecule has 0 saturated heterocycles. The monoisotopic (exact) mass is 254 g/mol. The minimum absolute atomic E-state index is 0.274. The Labute approximate surface area is 101 Å². The Hall–Kier alpha value is -2.15. The number of aromatic nitrogens is 4. The standard InChI is InChI=1S/C9H7ClN4O3/c1-17-8-6(2-5(10)3-11-8)14-4-12-7(13-14)9(15)16/h2-4H,1H3,(H,15,16). The molecule has 0 aliphatic heterocycles. The van der Waals surface area contributed by atoms with Gasteiger partial charge in [-0.25, -0.2) is 19.4 Å². The second-order valence-corrected chi connectivity index (χ2v) is 3.44. The Morgan fingerprint density at radius 1 is 1.53 bits per heavy atom. The van der Waals surface area contributed by atoms with Gasteiger partial charge in [0.25, 0.3) is 5.82 Å². The number of methoxy groups -OCH3 is 1. The number of rotatable bonds is 3. The lowest BCUT2D eigenvalue weighted by molar-refractivity contribution is 0.0683. The Bertz CT molecular complexity index is 569. The first kappa shape index (κ1) is 11.3. The fraction of sp³-hybridized carbons (Fsp3) is 0.111. The van der Waals surface area contributed by atoms with E-state index in [1.807, 2.05) is 0 Å². The molecule has 0 amide bonds. The molecule has 17 heavy (non-hydrogen) atoms. The van der Waals surface area contributed by atoms with Crippen LogP contribution >= 0.6 is 11.6 Å². The fourth-order valence-electron chi connectivity index (χ4n) is 1.21. The molecule has 1 N–H and O–H groups in total. The van der Waals surface area contributed by atoms with Crippen LogP contribution in [0.5, 0.6) is 5.88 Å². The summed E-state index contributed by atoms with van der Waals surface area (Å²) in [7, 11) is 1.44. The highest BCUT2D eigenvalue weighted by atomic mass is 35.5. The highest BCUT2D eigenvalue weighted by Gasteiger charge is 2.13. The van der Waals surface area contributed by atoms with Crippen molar-refractivity contribution in [1.82, 2.24) is 19.7 Å². The summed E-state index contributed by atoms with van der Waals surface area (Å²) in [6.07, 6.45) is 2.66. The Morgan fingerprint density at radius 3 is 2.88 bits per heavy atom. The van der Waals surface area contributed by atoms with Crippen molar-refractivity contribution in [2.75, 3.05) is 7.11 Å². The number of carboxylic acid groups (broad SMARTS) is 1. The average molecular weight is 255 g/mol. The van der Waals surface area contributed by atoms with Crippen LogP contribution in [0.4, 0.5) is 0 Å². The van der Waals surface area contributed by atoms with Crippen molar-refractivity contribution >= 4 is 17.6 Å². The first-order valence-corrected chi connectivity index (χ1v) is 4.84. The van der Waals surface area contributed by atoms with E-state index in [4.69, 9.17) is 21.4 Å². The van der Waals surface area contributed by atoms with Crippen molar-refractivity contribution in [1.29, 1.82) is 0 Å². The quantitative estimate of drug-likeness (QED) is 0.880. The van der Waals surface area contributed by atoms with Crippen molar-refractivity contribution in [3.05, 3.63) is 29.4 Å². The molecule has 88 valence electrons. The van der Waals surface area contributed by atoms with Gasteiger partial charge in [0.05, 0.1) is 12.1 Å². The fourth-order valence-corrected chi connectivity index (χ4v) is 1.37. The molecule has 0 aromatic carbocycles. The topological polar surface area (TPSA) is 90.1 Å². The van der Waals surface area contributed by atoms with Gasteiger partial charge in [-0.3, -0.25) is 0 Å². The van der Waals surface area contributed by atoms with Gasteiger partial charge in [0.2, 0.25) is 5.88 Å². The number of aromatic carboxylic acids is 1. The third kappa shape index (κ3) is 2.18. The molecule has 7 nitrogen and oxygen atoms in total. The smallest absolute Gasteiger partial charge is 0.375 e. The normalized spacial score (nSPS) is 10.2. The molecule has 0 aliphatic rings. The second kappa shape index (κ2) is 4.38. The molecule has 2 aromatic heterocycles. The first-order chi connectivity index (χ1) is 8.11. The maximum absolute atomic E-state index is 10.7. The maximum Gasteiger partial charge on any atom is 0.375 e. The number of hydrogen-bond donors (Lipinski definition) is 1. The van der Waals surface area contributed by atoms with Gasteiger partial charge in [0.1, 0.15) is 12.0 Å². The van der Waals surface area contributed by atoms with Gasteiger partial charge in [-0.2, -0.15) is 0 Å². The molecule has 0 saturated carbocycles. The van der Waals surface area contributed by atoms with Crippen LogP contribution in [0, 0.1) is 0 Å². The van der Waals surface area contributed by atoms with E-state index in [1.165, 1.54) is 24.3 Å². The predicted octanol–water partition coefficient (Wildman–Crippen LogP) is 1.02. The molecule has 2 aromatic rings. The minimum atomic E-state index is -1.21. The molecule has 0 spiro atoms. The van der Waals surface area contributed by atoms with Crippen LogP contribution in [0.15, 0.2) is 18.6 Å². The van der Waals surface area contributed by atoms with Crippen LogP contribution < -0.4 is 4.74 Å². The van der Waals surface area contributed by atoms with Crippen molar-refractivity contribution in [3.63, 3.8) is 0 Å². The van der Waals surface area contributed by atoms with Crippen LogP contribution in [-0.2, 0) is 0 Å². The SMILES string of the molecule is COc1ncc(Cl)cc1-n1cnc(C(=O)O)n1. The summed E-state index contributed by atoms with van der Waals surface area (Å²) < 4.78 is 6.26. The van der Waals surface area contributed by atoms with Gasteiger partial charge in [-0.15, -0.1) is 5.10 Å². The second-order valence-electron chi connectivity index (χ2n) is 3.00. The number of ether oxygens (including phenoxy) is 1. The summed E-state index contributed by atoms with van der Waals surface area (Å²) in [4.78, 5) is 18.2. The zero-order valence-corrected chi connectivity index (χ0v) is 9.42. The first-order valence-electron chi connectivity index (χ1n) is 4.46. The van der Waals surface area contributed by atoms with E-state index in [2.05, 4.69) is 15.1 Å². The minimum Gasteiger partial charge on any atom is -0.479 e. The lowest BCUT2D eigenvalue weighted by Crippen LogP contribution is -2.03. The van der Waals surface area contributed by atoms with E-state index < -0.39 is 5.97 Å². The van der Waals surface area contributed by atoms with Crippen molar-refractivity contribution in [3.8, 4) is 11.6 Å². The van der Waals surface area contributed by atoms with E-state index in [1.54, 1.807) is 6.07 Å². The summed E-state index contributed by atoms with van der Waals surface area (Å²) in [5.41, 5.74) is 0.417. The summed E-state index contributed by atoms with van der Waals surface area (Å²) in [6, 6.07) is 1.55. The van der Waals surface area contributed by atoms with Gasteiger partial charge in [0, 0.05) is 6.20 Å². The van der Waals surface area contributed by atoms with Crippen LogP contribution in [0.1, 0.15) is 10.6 Å². The van der Waals surface area contributed by atoms with E-state index in [-0.39, 0.29) is 11.7 Å². The van der Waals surface area contributed by atoms with Gasteiger partial charge < -0.3 is 9.84 Å². The van der Waals surface area contributed by atoms with Crippen molar-refractivity contribution in [2.45, 2.75) is 0 Å². The van der Waals surface area contributed by atoms with Gasteiger partial charge >= 0.3 is 5.97 Å². The lowest BCUT2D eigenvalue weighted by atomic mass is 10.4. The highest BCUT2D eigenvalue weighted by molar-refractivity contribution is 6.30. The van der Waals surface area contributed by atoms with E-state index >= 15 is 0 Å². The highest BCUT2D eigenvalue weighted by Crippen LogP contribution is 2.22. The summed E-state index contributed by atoms with van der Waals surface area (Å²) in [5, 5.41) is 12.9. The molecule has 0 aliphatic carbocycles. The van der Waals surface area contributed by atoms with Crippen LogP contribution in [-0.4, -0.2) is 37.9 Å². The molecule has 0 unspecified atom stereocenters. The van der Waals surface area contributed by atoms with Crippen LogP contribution in [0.2, 0.25) is 5.02 Å². The number of nitrogens with zero attached hydrogens (tertiary/aromatic N) is 4. The van der Waals surface area contributed by atoms with E-state index in [9.17, 15) is 4.79 Å². The summed E-state index contributed by atoms with van der Waals surface area (Å²) in [5.74, 6) is -1.25. The molecule has 0 fully saturated rings. The number of carboxylic acids is 1. The number of pyridine rings is 1. The Kier molecular flexibility index (Phi) is 2.92. The van der Waals surface area contributed by atoms with Gasteiger partial charge in [0.15, 0.2) is 0 Å². The summed E-state index contributed by atoms with van der Waals surface area (Å²) in [6.45, 7) is 0. The van der Waals surface area contributed by atoms with E-state index in [0.717, 1.165) is 0 Å². The zero-order chi connectivity index (χ0) is 12.4. The van der Waals surface area contributed by atoms with Gasteiger partial charge in [-0.1, -0.05) is 11.6 Å². The molecule has 2 rings (SSSR count). The Balaban J connectivity index is 2.51.